The number of nitrogens with two attached hydrogens (primary N) is 1. The van der Waals surface area contributed by atoms with Crippen molar-refractivity contribution in [3.63, 3.8) is 0 Å². The highest BCUT2D eigenvalue weighted by atomic mass is 35.5. The molecule has 3 aromatic carbocycles. The summed E-state index contributed by atoms with van der Waals surface area (Å²) in [6.07, 6.45) is 0. The Labute approximate surface area is 138 Å². The molecule has 0 amide bonds. The van der Waals surface area contributed by atoms with Crippen LogP contribution >= 0.6 is 11.6 Å². The van der Waals surface area contributed by atoms with Crippen molar-refractivity contribution in [2.45, 2.75) is 0 Å². The monoisotopic (exact) mass is 320 g/mol. The molecule has 3 nitrogen and oxygen atoms in total. The number of hydrogen-bond acceptors (Lipinski definition) is 3. The highest BCUT2D eigenvalue weighted by Crippen LogP contribution is 2.35. The first-order chi connectivity index (χ1) is 11.2. The summed E-state index contributed by atoms with van der Waals surface area (Å²) in [5.74, 6) is 0.598. The largest absolute Gasteiger partial charge is 0.436 e. The topological polar surface area (TPSA) is 52.0 Å². The number of oxazole rings is 1. The molecule has 4 rings (SSSR count). The van der Waals surface area contributed by atoms with E-state index in [2.05, 4.69) is 4.98 Å². The summed E-state index contributed by atoms with van der Waals surface area (Å²) in [7, 11) is 0. The SMILES string of the molecule is Nc1cc(Cl)ccc1-c1cccc2oc(-c3ccccc3)nc12. The van der Waals surface area contributed by atoms with Crippen LogP contribution in [0.25, 0.3) is 33.7 Å². The van der Waals surface area contributed by atoms with Crippen LogP contribution in [0.1, 0.15) is 0 Å². The number of hydrogen-bond donors (Lipinski definition) is 1. The van der Waals surface area contributed by atoms with Crippen LogP contribution in [0.5, 0.6) is 0 Å². The first-order valence-electron chi connectivity index (χ1n) is 7.23. The number of anilines is 1. The number of fused-ring (bicyclic) bond motifs is 1. The number of aromatic nitrogens is 1. The van der Waals surface area contributed by atoms with Crippen LogP contribution in [0, 0.1) is 0 Å². The second-order valence-corrected chi connectivity index (χ2v) is 5.71. The van der Waals surface area contributed by atoms with Gasteiger partial charge >= 0.3 is 0 Å². The highest BCUT2D eigenvalue weighted by Gasteiger charge is 2.14. The second-order valence-electron chi connectivity index (χ2n) is 5.27. The van der Waals surface area contributed by atoms with Gasteiger partial charge in [0.1, 0.15) is 5.52 Å². The lowest BCUT2D eigenvalue weighted by Crippen LogP contribution is -1.90. The molecule has 2 N–H and O–H groups in total. The van der Waals surface area contributed by atoms with Gasteiger partial charge in [0.15, 0.2) is 5.58 Å². The number of nitrogens with zero attached hydrogens (tertiary/aromatic N) is 1. The Morgan fingerprint density at radius 3 is 2.48 bits per heavy atom. The third kappa shape index (κ3) is 2.45. The van der Waals surface area contributed by atoms with Gasteiger partial charge in [-0.2, -0.15) is 0 Å². The van der Waals surface area contributed by atoms with Crippen molar-refractivity contribution >= 4 is 28.4 Å². The number of halogens is 1. The van der Waals surface area contributed by atoms with Gasteiger partial charge in [-0.15, -0.1) is 0 Å². The molecular formula is C19H13ClN2O. The van der Waals surface area contributed by atoms with Crippen molar-refractivity contribution in [3.05, 3.63) is 71.8 Å². The normalized spacial score (nSPS) is 11.0. The lowest BCUT2D eigenvalue weighted by Gasteiger charge is -2.06. The summed E-state index contributed by atoms with van der Waals surface area (Å²) in [5, 5.41) is 0.614. The summed E-state index contributed by atoms with van der Waals surface area (Å²) in [6, 6.07) is 21.1. The van der Waals surface area contributed by atoms with Gasteiger partial charge in [0.05, 0.1) is 0 Å². The van der Waals surface area contributed by atoms with Gasteiger partial charge in [0, 0.05) is 27.4 Å². The van der Waals surface area contributed by atoms with Gasteiger partial charge in [-0.05, 0) is 30.3 Å². The average molecular weight is 321 g/mol. The fourth-order valence-electron chi connectivity index (χ4n) is 2.65. The first kappa shape index (κ1) is 13.9. The molecule has 4 heteroatoms. The van der Waals surface area contributed by atoms with Gasteiger partial charge in [0.25, 0.3) is 0 Å². The van der Waals surface area contributed by atoms with E-state index in [1.54, 1.807) is 6.07 Å². The third-order valence-corrected chi connectivity index (χ3v) is 3.98. The predicted molar refractivity (Wildman–Crippen MR) is 94.3 cm³/mol. The minimum Gasteiger partial charge on any atom is -0.436 e. The van der Waals surface area contributed by atoms with Crippen LogP contribution in [-0.2, 0) is 0 Å². The summed E-state index contributed by atoms with van der Waals surface area (Å²) in [5.41, 5.74) is 11.0. The van der Waals surface area contributed by atoms with E-state index in [9.17, 15) is 0 Å². The standard InChI is InChI=1S/C19H13ClN2O/c20-13-9-10-14(16(21)11-13)15-7-4-8-17-18(15)22-19(23-17)12-5-2-1-3-6-12/h1-11H,21H2. The number of rotatable bonds is 2. The molecule has 0 atom stereocenters. The fourth-order valence-corrected chi connectivity index (χ4v) is 2.83. The van der Waals surface area contributed by atoms with Crippen LogP contribution in [0.15, 0.2) is 71.1 Å². The Kier molecular flexibility index (Phi) is 3.28. The Bertz CT molecular complexity index is 993. The van der Waals surface area contributed by atoms with Crippen LogP contribution in [0.3, 0.4) is 0 Å². The van der Waals surface area contributed by atoms with E-state index in [0.717, 1.165) is 27.8 Å². The van der Waals surface area contributed by atoms with Crippen molar-refractivity contribution in [3.8, 4) is 22.6 Å². The summed E-state index contributed by atoms with van der Waals surface area (Å²) in [4.78, 5) is 4.67. The van der Waals surface area contributed by atoms with Crippen LogP contribution in [0.4, 0.5) is 5.69 Å². The van der Waals surface area contributed by atoms with E-state index in [1.807, 2.05) is 60.7 Å². The van der Waals surface area contributed by atoms with Crippen LogP contribution in [0.2, 0.25) is 5.02 Å². The van der Waals surface area contributed by atoms with Gasteiger partial charge in [-0.25, -0.2) is 4.98 Å². The number of benzene rings is 3. The molecule has 0 bridgehead atoms. The molecule has 23 heavy (non-hydrogen) atoms. The minimum atomic E-state index is 0.598. The van der Waals surface area contributed by atoms with E-state index >= 15 is 0 Å². The Morgan fingerprint density at radius 2 is 1.70 bits per heavy atom. The zero-order chi connectivity index (χ0) is 15.8. The quantitative estimate of drug-likeness (QED) is 0.503. The molecule has 0 unspecified atom stereocenters. The van der Waals surface area contributed by atoms with E-state index in [4.69, 9.17) is 21.8 Å². The highest BCUT2D eigenvalue weighted by molar-refractivity contribution is 6.31. The molecule has 112 valence electrons. The average Bonchev–Trinajstić information content (AvgIpc) is 3.00. The number of para-hydroxylation sites is 1. The molecule has 0 radical (unpaired) electrons. The lowest BCUT2D eigenvalue weighted by atomic mass is 10.0. The molecule has 0 fully saturated rings. The zero-order valence-electron chi connectivity index (χ0n) is 12.2. The van der Waals surface area contributed by atoms with E-state index in [0.29, 0.717) is 16.6 Å². The Balaban J connectivity index is 1.93. The maximum Gasteiger partial charge on any atom is 0.227 e. The van der Waals surface area contributed by atoms with Gasteiger partial charge in [-0.1, -0.05) is 48.0 Å². The van der Waals surface area contributed by atoms with Crippen molar-refractivity contribution in [1.29, 1.82) is 0 Å². The smallest absolute Gasteiger partial charge is 0.227 e. The molecular weight excluding hydrogens is 308 g/mol. The first-order valence-corrected chi connectivity index (χ1v) is 7.60. The van der Waals surface area contributed by atoms with Crippen molar-refractivity contribution in [2.75, 3.05) is 5.73 Å². The lowest BCUT2D eigenvalue weighted by molar-refractivity contribution is 0.620. The maximum absolute atomic E-state index is 6.12. The van der Waals surface area contributed by atoms with E-state index in [-0.39, 0.29) is 0 Å². The molecule has 0 aliphatic rings. The molecule has 1 aromatic heterocycles. The van der Waals surface area contributed by atoms with Crippen molar-refractivity contribution in [2.24, 2.45) is 0 Å². The molecule has 0 saturated carbocycles. The minimum absolute atomic E-state index is 0.598. The molecule has 0 aliphatic heterocycles. The van der Waals surface area contributed by atoms with E-state index in [1.165, 1.54) is 0 Å². The second kappa shape index (κ2) is 5.45. The van der Waals surface area contributed by atoms with Gasteiger partial charge in [0.2, 0.25) is 5.89 Å². The molecule has 0 aliphatic carbocycles. The molecule has 0 saturated heterocycles. The van der Waals surface area contributed by atoms with Crippen LogP contribution in [-0.4, -0.2) is 4.98 Å². The summed E-state index contributed by atoms with van der Waals surface area (Å²) in [6.45, 7) is 0. The van der Waals surface area contributed by atoms with E-state index < -0.39 is 0 Å². The predicted octanol–water partition coefficient (Wildman–Crippen LogP) is 5.40. The van der Waals surface area contributed by atoms with Crippen molar-refractivity contribution < 1.29 is 4.42 Å². The summed E-state index contributed by atoms with van der Waals surface area (Å²) < 4.78 is 5.90. The summed E-state index contributed by atoms with van der Waals surface area (Å²) >= 11 is 5.99. The van der Waals surface area contributed by atoms with Gasteiger partial charge in [-0.3, -0.25) is 0 Å². The van der Waals surface area contributed by atoms with Crippen LogP contribution < -0.4 is 5.73 Å². The fraction of sp³-hybridized carbons (Fsp3) is 0. The Morgan fingerprint density at radius 1 is 0.870 bits per heavy atom. The maximum atomic E-state index is 6.12. The molecule has 4 aromatic rings. The Hall–Kier alpha value is -2.78. The molecule has 1 heterocycles. The van der Waals surface area contributed by atoms with Crippen molar-refractivity contribution in [1.82, 2.24) is 4.98 Å². The number of nitrogen functional groups attached to an aromatic ring is 1. The zero-order valence-corrected chi connectivity index (χ0v) is 12.9. The third-order valence-electron chi connectivity index (χ3n) is 3.74. The molecule has 0 spiro atoms. The van der Waals surface area contributed by atoms with Gasteiger partial charge < -0.3 is 10.2 Å².